The number of hydrogen-bond acceptors (Lipinski definition) is 3. The maximum absolute atomic E-state index is 14.2. The van der Waals surface area contributed by atoms with Crippen LogP contribution in [0.15, 0.2) is 36.7 Å². The molecule has 1 amide bonds. The SMILES string of the molecule is [C-]#[N+]c1ccc(-c2c(Cl)ncc3c2ccn3C[C@@H]2CCN(C(=O)OC(C)(C)C)C2)cc1F. The molecule has 32 heavy (non-hydrogen) atoms. The standard InChI is InChI=1S/C24H24ClFN4O2/c1-24(2,3)32-23(31)30-9-7-15(14-30)13-29-10-8-17-20(29)12-28-22(25)21(17)16-5-6-19(27-4)18(26)11-16/h5-6,8,10-12,15H,7,9,13-14H2,1-3H3/t15-/m0/s1. The van der Waals surface area contributed by atoms with E-state index < -0.39 is 11.4 Å². The summed E-state index contributed by atoms with van der Waals surface area (Å²) >= 11 is 6.39. The molecule has 6 nitrogen and oxygen atoms in total. The quantitative estimate of drug-likeness (QED) is 0.344. The zero-order valence-corrected chi connectivity index (χ0v) is 19.0. The number of rotatable bonds is 3. The Morgan fingerprint density at radius 2 is 2.16 bits per heavy atom. The minimum atomic E-state index is -0.585. The molecule has 1 fully saturated rings. The molecule has 2 aromatic heterocycles. The number of likely N-dealkylation sites (tertiary alicyclic amines) is 1. The lowest BCUT2D eigenvalue weighted by molar-refractivity contribution is 0.0287. The van der Waals surface area contributed by atoms with Crippen molar-refractivity contribution in [1.82, 2.24) is 14.5 Å². The highest BCUT2D eigenvalue weighted by molar-refractivity contribution is 6.33. The summed E-state index contributed by atoms with van der Waals surface area (Å²) in [5.41, 5.74) is 1.56. The number of fused-ring (bicyclic) bond motifs is 1. The molecule has 8 heteroatoms. The van der Waals surface area contributed by atoms with E-state index in [1.807, 2.05) is 33.0 Å². The summed E-state index contributed by atoms with van der Waals surface area (Å²) in [4.78, 5) is 21.6. The Morgan fingerprint density at radius 1 is 1.38 bits per heavy atom. The summed E-state index contributed by atoms with van der Waals surface area (Å²) in [6, 6.07) is 6.40. The van der Waals surface area contributed by atoms with E-state index >= 15 is 0 Å². The first-order chi connectivity index (χ1) is 15.2. The highest BCUT2D eigenvalue weighted by Gasteiger charge is 2.30. The van der Waals surface area contributed by atoms with E-state index in [1.54, 1.807) is 17.2 Å². The molecule has 4 rings (SSSR count). The van der Waals surface area contributed by atoms with Crippen LogP contribution in [0.4, 0.5) is 14.9 Å². The van der Waals surface area contributed by atoms with Gasteiger partial charge in [0.15, 0.2) is 0 Å². The first-order valence-corrected chi connectivity index (χ1v) is 10.8. The van der Waals surface area contributed by atoms with E-state index in [0.717, 1.165) is 23.9 Å². The fourth-order valence-corrected chi connectivity index (χ4v) is 4.33. The van der Waals surface area contributed by atoms with Gasteiger partial charge in [0, 0.05) is 36.8 Å². The molecule has 0 saturated carbocycles. The molecule has 0 N–H and O–H groups in total. The lowest BCUT2D eigenvalue weighted by atomic mass is 10.0. The topological polar surface area (TPSA) is 51.7 Å². The average molecular weight is 455 g/mol. The van der Waals surface area contributed by atoms with Crippen molar-refractivity contribution in [2.75, 3.05) is 13.1 Å². The molecule has 0 unspecified atom stereocenters. The molecule has 166 valence electrons. The van der Waals surface area contributed by atoms with Gasteiger partial charge in [-0.25, -0.2) is 19.0 Å². The van der Waals surface area contributed by atoms with Gasteiger partial charge in [0.2, 0.25) is 5.69 Å². The summed E-state index contributed by atoms with van der Waals surface area (Å²) in [6.45, 7) is 14.6. The van der Waals surface area contributed by atoms with Gasteiger partial charge < -0.3 is 14.2 Å². The second kappa shape index (κ2) is 8.44. The predicted molar refractivity (Wildman–Crippen MR) is 122 cm³/mol. The van der Waals surface area contributed by atoms with Crippen molar-refractivity contribution in [3.63, 3.8) is 0 Å². The molecule has 1 atom stereocenters. The Balaban J connectivity index is 1.58. The molecule has 0 spiro atoms. The number of aromatic nitrogens is 2. The number of hydrogen-bond donors (Lipinski definition) is 0. The van der Waals surface area contributed by atoms with Crippen molar-refractivity contribution in [2.45, 2.75) is 39.3 Å². The highest BCUT2D eigenvalue weighted by Crippen LogP contribution is 2.36. The van der Waals surface area contributed by atoms with Crippen LogP contribution in [-0.4, -0.2) is 39.2 Å². The molecule has 0 aliphatic carbocycles. The van der Waals surface area contributed by atoms with E-state index in [-0.39, 0.29) is 22.9 Å². The molecular formula is C24H24ClFN4O2. The van der Waals surface area contributed by atoms with Gasteiger partial charge in [-0.15, -0.1) is 0 Å². The maximum Gasteiger partial charge on any atom is 0.410 e. The van der Waals surface area contributed by atoms with Crippen LogP contribution in [0.5, 0.6) is 0 Å². The van der Waals surface area contributed by atoms with Crippen molar-refractivity contribution in [2.24, 2.45) is 5.92 Å². The number of pyridine rings is 1. The third-order valence-corrected chi connectivity index (χ3v) is 5.82. The monoisotopic (exact) mass is 454 g/mol. The van der Waals surface area contributed by atoms with Crippen LogP contribution >= 0.6 is 11.6 Å². The van der Waals surface area contributed by atoms with Gasteiger partial charge in [-0.1, -0.05) is 23.7 Å². The average Bonchev–Trinajstić information content (AvgIpc) is 3.34. The lowest BCUT2D eigenvalue weighted by Gasteiger charge is -2.24. The van der Waals surface area contributed by atoms with Gasteiger partial charge in [-0.2, -0.15) is 0 Å². The van der Waals surface area contributed by atoms with Crippen LogP contribution in [0.1, 0.15) is 27.2 Å². The van der Waals surface area contributed by atoms with Crippen molar-refractivity contribution in [3.05, 3.63) is 59.0 Å². The van der Waals surface area contributed by atoms with Crippen molar-refractivity contribution in [1.29, 1.82) is 0 Å². The number of halogens is 2. The second-order valence-corrected chi connectivity index (χ2v) is 9.41. The summed E-state index contributed by atoms with van der Waals surface area (Å²) < 4.78 is 21.8. The number of benzene rings is 1. The Morgan fingerprint density at radius 3 is 2.84 bits per heavy atom. The Bertz CT molecular complexity index is 1230. The molecule has 0 bridgehead atoms. The number of carbonyl (C=O) groups excluding carboxylic acids is 1. The molecule has 0 radical (unpaired) electrons. The third-order valence-electron chi connectivity index (χ3n) is 5.53. The summed E-state index contributed by atoms with van der Waals surface area (Å²) in [7, 11) is 0. The normalized spacial score (nSPS) is 16.4. The number of nitrogens with zero attached hydrogens (tertiary/aromatic N) is 4. The number of carbonyl (C=O) groups is 1. The van der Waals surface area contributed by atoms with Crippen LogP contribution in [0.25, 0.3) is 26.9 Å². The first kappa shape index (κ1) is 22.1. The zero-order valence-electron chi connectivity index (χ0n) is 18.2. The number of amides is 1. The maximum atomic E-state index is 14.2. The summed E-state index contributed by atoms with van der Waals surface area (Å²) in [5.74, 6) is -0.300. The molecule has 1 aromatic carbocycles. The molecule has 3 aromatic rings. The predicted octanol–water partition coefficient (Wildman–Crippen LogP) is 6.30. The van der Waals surface area contributed by atoms with Gasteiger partial charge >= 0.3 is 6.09 Å². The summed E-state index contributed by atoms with van der Waals surface area (Å²) in [5, 5.41) is 1.14. The van der Waals surface area contributed by atoms with Crippen molar-refractivity contribution in [3.8, 4) is 11.1 Å². The Kier molecular flexibility index (Phi) is 5.83. The molecular weight excluding hydrogens is 431 g/mol. The van der Waals surface area contributed by atoms with E-state index in [2.05, 4.69) is 14.4 Å². The molecule has 3 heterocycles. The first-order valence-electron chi connectivity index (χ1n) is 10.4. The largest absolute Gasteiger partial charge is 0.444 e. The minimum absolute atomic E-state index is 0.0293. The van der Waals surface area contributed by atoms with E-state index in [0.29, 0.717) is 24.2 Å². The van der Waals surface area contributed by atoms with Gasteiger partial charge in [0.25, 0.3) is 0 Å². The fourth-order valence-electron chi connectivity index (χ4n) is 4.07. The second-order valence-electron chi connectivity index (χ2n) is 9.05. The lowest BCUT2D eigenvalue weighted by Crippen LogP contribution is -2.35. The Labute approximate surface area is 191 Å². The van der Waals surface area contributed by atoms with Gasteiger partial charge in [-0.3, -0.25) is 0 Å². The van der Waals surface area contributed by atoms with E-state index in [1.165, 1.54) is 12.1 Å². The van der Waals surface area contributed by atoms with Gasteiger partial charge in [0.05, 0.1) is 18.3 Å². The van der Waals surface area contributed by atoms with Crippen molar-refractivity contribution < 1.29 is 13.9 Å². The highest BCUT2D eigenvalue weighted by atomic mass is 35.5. The van der Waals surface area contributed by atoms with E-state index in [9.17, 15) is 9.18 Å². The summed E-state index contributed by atoms with van der Waals surface area (Å²) in [6.07, 6.45) is 4.28. The van der Waals surface area contributed by atoms with E-state index in [4.69, 9.17) is 22.9 Å². The van der Waals surface area contributed by atoms with Crippen LogP contribution in [0.3, 0.4) is 0 Å². The third kappa shape index (κ3) is 4.42. The molecule has 1 saturated heterocycles. The van der Waals surface area contributed by atoms with Crippen LogP contribution in [0, 0.1) is 18.3 Å². The van der Waals surface area contributed by atoms with Crippen LogP contribution in [0.2, 0.25) is 5.15 Å². The smallest absolute Gasteiger partial charge is 0.410 e. The Hall–Kier alpha value is -3.11. The molecule has 1 aliphatic rings. The fraction of sp³-hybridized carbons (Fsp3) is 0.375. The number of ether oxygens (including phenoxy) is 1. The van der Waals surface area contributed by atoms with Crippen LogP contribution in [-0.2, 0) is 11.3 Å². The van der Waals surface area contributed by atoms with Crippen LogP contribution < -0.4 is 0 Å². The minimum Gasteiger partial charge on any atom is -0.444 e. The van der Waals surface area contributed by atoms with Gasteiger partial charge in [-0.05, 0) is 50.8 Å². The van der Waals surface area contributed by atoms with Crippen molar-refractivity contribution >= 4 is 34.3 Å². The zero-order chi connectivity index (χ0) is 23.0. The molecule has 1 aliphatic heterocycles. The van der Waals surface area contributed by atoms with Gasteiger partial charge in [0.1, 0.15) is 16.6 Å².